The fourth-order valence-electron chi connectivity index (χ4n) is 5.65. The zero-order chi connectivity index (χ0) is 27.1. The molecular formula is C31H31N3O4. The molecule has 1 aromatic heterocycles. The number of fused-ring (bicyclic) bond motifs is 1. The van der Waals surface area contributed by atoms with Crippen molar-refractivity contribution in [3.63, 3.8) is 0 Å². The number of ether oxygens (including phenoxy) is 1. The Balaban J connectivity index is 1.61. The van der Waals surface area contributed by atoms with Gasteiger partial charge in [0.25, 0.3) is 5.91 Å². The van der Waals surface area contributed by atoms with E-state index in [0.717, 1.165) is 41.5 Å². The van der Waals surface area contributed by atoms with Gasteiger partial charge in [-0.05, 0) is 57.2 Å². The highest BCUT2D eigenvalue weighted by molar-refractivity contribution is 5.99. The van der Waals surface area contributed by atoms with E-state index in [1.807, 2.05) is 81.4 Å². The van der Waals surface area contributed by atoms with Gasteiger partial charge in [-0.1, -0.05) is 60.5 Å². The Morgan fingerprint density at radius 1 is 1.13 bits per heavy atom. The van der Waals surface area contributed by atoms with Crippen LogP contribution in [0.5, 0.6) is 5.88 Å². The average molecular weight is 510 g/mol. The summed E-state index contributed by atoms with van der Waals surface area (Å²) in [5.41, 5.74) is 3.81. The third-order valence-electron chi connectivity index (χ3n) is 7.39. The van der Waals surface area contributed by atoms with Crippen molar-refractivity contribution in [2.45, 2.75) is 51.1 Å². The summed E-state index contributed by atoms with van der Waals surface area (Å²) in [4.78, 5) is 32.9. The van der Waals surface area contributed by atoms with Crippen molar-refractivity contribution in [1.82, 2.24) is 9.88 Å². The van der Waals surface area contributed by atoms with Crippen molar-refractivity contribution >= 4 is 17.7 Å². The summed E-state index contributed by atoms with van der Waals surface area (Å²) in [7, 11) is 0. The molecule has 2 amide bonds. The van der Waals surface area contributed by atoms with E-state index in [4.69, 9.17) is 16.1 Å². The monoisotopic (exact) mass is 509 g/mol. The Morgan fingerprint density at radius 2 is 1.82 bits per heavy atom. The third kappa shape index (κ3) is 4.26. The van der Waals surface area contributed by atoms with Gasteiger partial charge in [-0.25, -0.2) is 9.78 Å². The van der Waals surface area contributed by atoms with Gasteiger partial charge in [0.1, 0.15) is 5.69 Å². The molecule has 5 rings (SSSR count). The first kappa shape index (κ1) is 25.3. The summed E-state index contributed by atoms with van der Waals surface area (Å²) < 4.78 is 5.72. The maximum absolute atomic E-state index is 12.5. The largest absolute Gasteiger partial charge is 0.466 e. The van der Waals surface area contributed by atoms with Crippen LogP contribution in [-0.4, -0.2) is 45.7 Å². The summed E-state index contributed by atoms with van der Waals surface area (Å²) in [6.07, 6.45) is 7.18. The van der Waals surface area contributed by atoms with Crippen LogP contribution >= 0.6 is 0 Å². The van der Waals surface area contributed by atoms with Crippen molar-refractivity contribution < 1.29 is 19.4 Å². The lowest BCUT2D eigenvalue weighted by Gasteiger charge is -2.54. The van der Waals surface area contributed by atoms with E-state index >= 15 is 0 Å². The normalized spacial score (nSPS) is 16.1. The van der Waals surface area contributed by atoms with E-state index in [1.54, 1.807) is 4.90 Å². The quantitative estimate of drug-likeness (QED) is 0.431. The van der Waals surface area contributed by atoms with E-state index in [0.29, 0.717) is 17.3 Å². The minimum absolute atomic E-state index is 0.120. The number of nitrogens with zero attached hydrogens (tertiary/aromatic N) is 3. The molecule has 1 N–H and O–H groups in total. The fraction of sp³-hybridized carbons (Fsp3) is 0.323. The number of carbonyl (C=O) groups excluding carboxylic acids is 1. The molecule has 0 unspecified atom stereocenters. The maximum atomic E-state index is 12.5. The smallest absolute Gasteiger partial charge is 0.408 e. The lowest BCUT2D eigenvalue weighted by molar-refractivity contribution is -0.121. The van der Waals surface area contributed by atoms with Gasteiger partial charge in [-0.2, -0.15) is 0 Å². The van der Waals surface area contributed by atoms with Crippen LogP contribution in [0.4, 0.5) is 10.5 Å². The molecule has 1 aliphatic heterocycles. The van der Waals surface area contributed by atoms with Crippen molar-refractivity contribution in [2.24, 2.45) is 0 Å². The SMILES string of the molecule is C#CCN1C(=O)COc2nc(-c3ccc(C4(N(C(=O)O)C(C)(C)C)CCC4)cc3)c(-c3ccccc3)cc21. The molecule has 7 nitrogen and oxygen atoms in total. The van der Waals surface area contributed by atoms with Gasteiger partial charge in [0, 0.05) is 16.7 Å². The second kappa shape index (κ2) is 9.53. The molecule has 2 aromatic carbocycles. The summed E-state index contributed by atoms with van der Waals surface area (Å²) in [5.74, 6) is 2.70. The Labute approximate surface area is 223 Å². The van der Waals surface area contributed by atoms with Crippen LogP contribution in [0.2, 0.25) is 0 Å². The van der Waals surface area contributed by atoms with E-state index in [-0.39, 0.29) is 19.1 Å². The van der Waals surface area contributed by atoms with Crippen molar-refractivity contribution in [1.29, 1.82) is 0 Å². The number of carbonyl (C=O) groups is 2. The second-order valence-corrected chi connectivity index (χ2v) is 10.8. The van der Waals surface area contributed by atoms with E-state index in [9.17, 15) is 14.7 Å². The van der Waals surface area contributed by atoms with Crippen LogP contribution in [0.25, 0.3) is 22.4 Å². The van der Waals surface area contributed by atoms with Crippen LogP contribution in [0.1, 0.15) is 45.6 Å². The van der Waals surface area contributed by atoms with E-state index in [1.165, 1.54) is 4.90 Å². The molecule has 0 radical (unpaired) electrons. The maximum Gasteiger partial charge on any atom is 0.408 e. The molecule has 1 fully saturated rings. The zero-order valence-corrected chi connectivity index (χ0v) is 21.9. The van der Waals surface area contributed by atoms with Crippen LogP contribution in [-0.2, 0) is 10.3 Å². The molecule has 0 atom stereocenters. The number of hydrogen-bond acceptors (Lipinski definition) is 4. The van der Waals surface area contributed by atoms with Gasteiger partial charge in [-0.15, -0.1) is 6.42 Å². The summed E-state index contributed by atoms with van der Waals surface area (Å²) in [6.45, 7) is 5.83. The number of amides is 2. The molecule has 0 spiro atoms. The summed E-state index contributed by atoms with van der Waals surface area (Å²) >= 11 is 0. The molecule has 194 valence electrons. The topological polar surface area (TPSA) is 83.0 Å². The first-order valence-corrected chi connectivity index (χ1v) is 12.8. The summed E-state index contributed by atoms with van der Waals surface area (Å²) in [6, 6.07) is 19.8. The Bertz CT molecular complexity index is 1410. The van der Waals surface area contributed by atoms with Crippen LogP contribution in [0.3, 0.4) is 0 Å². The Morgan fingerprint density at radius 3 is 2.37 bits per heavy atom. The third-order valence-corrected chi connectivity index (χ3v) is 7.39. The van der Waals surface area contributed by atoms with Gasteiger partial charge in [0.15, 0.2) is 6.61 Å². The van der Waals surface area contributed by atoms with Gasteiger partial charge >= 0.3 is 6.09 Å². The highest BCUT2D eigenvalue weighted by Gasteiger charge is 2.50. The first-order valence-electron chi connectivity index (χ1n) is 12.8. The molecule has 0 bridgehead atoms. The van der Waals surface area contributed by atoms with Crippen molar-refractivity contribution in [3.8, 4) is 40.6 Å². The lowest BCUT2D eigenvalue weighted by Crippen LogP contribution is -2.60. The predicted octanol–water partition coefficient (Wildman–Crippen LogP) is 5.93. The predicted molar refractivity (Wildman–Crippen MR) is 147 cm³/mol. The molecule has 7 heteroatoms. The van der Waals surface area contributed by atoms with Crippen LogP contribution in [0.15, 0.2) is 60.7 Å². The van der Waals surface area contributed by atoms with Gasteiger partial charge < -0.3 is 9.84 Å². The number of pyridine rings is 1. The molecule has 38 heavy (non-hydrogen) atoms. The van der Waals surface area contributed by atoms with Crippen molar-refractivity contribution in [3.05, 3.63) is 66.2 Å². The van der Waals surface area contributed by atoms with Crippen LogP contribution in [0, 0.1) is 12.3 Å². The number of hydrogen-bond donors (Lipinski definition) is 1. The lowest BCUT2D eigenvalue weighted by atomic mass is 9.69. The van der Waals surface area contributed by atoms with Gasteiger partial charge in [0.2, 0.25) is 5.88 Å². The number of aromatic nitrogens is 1. The molecular weight excluding hydrogens is 478 g/mol. The zero-order valence-electron chi connectivity index (χ0n) is 21.9. The second-order valence-electron chi connectivity index (χ2n) is 10.8. The highest BCUT2D eigenvalue weighted by Crippen LogP contribution is 2.50. The molecule has 1 saturated carbocycles. The number of carboxylic acid groups (broad SMARTS) is 1. The van der Waals surface area contributed by atoms with Gasteiger partial charge in [-0.3, -0.25) is 14.6 Å². The Kier molecular flexibility index (Phi) is 6.36. The molecule has 2 aliphatic rings. The average Bonchev–Trinajstić information content (AvgIpc) is 2.87. The molecule has 3 aromatic rings. The number of terminal acetylenes is 1. The highest BCUT2D eigenvalue weighted by atomic mass is 16.5. The molecule has 2 heterocycles. The van der Waals surface area contributed by atoms with Crippen LogP contribution < -0.4 is 9.64 Å². The Hall–Kier alpha value is -4.31. The standard InChI is InChI=1S/C31H31N3O4/c1-5-18-33-25-19-24(21-10-7-6-8-11-21)27(32-28(25)38-20-26(33)35)22-12-14-23(15-13-22)31(16-9-17-31)34(29(36)37)30(2,3)4/h1,6-8,10-15,19H,9,16-18,20H2,2-4H3,(H,36,37). The first-order chi connectivity index (χ1) is 18.2. The molecule has 1 aliphatic carbocycles. The summed E-state index contributed by atoms with van der Waals surface area (Å²) in [5, 5.41) is 10.1. The van der Waals surface area contributed by atoms with Gasteiger partial charge in [0.05, 0.1) is 17.8 Å². The van der Waals surface area contributed by atoms with E-state index < -0.39 is 17.2 Å². The minimum Gasteiger partial charge on any atom is -0.466 e. The van der Waals surface area contributed by atoms with Crippen molar-refractivity contribution in [2.75, 3.05) is 18.1 Å². The number of anilines is 1. The number of benzene rings is 2. The minimum atomic E-state index is -0.910. The number of rotatable bonds is 5. The fourth-order valence-corrected chi connectivity index (χ4v) is 5.65. The van der Waals surface area contributed by atoms with E-state index in [2.05, 4.69) is 5.92 Å². The molecule has 0 saturated heterocycles.